The molecule has 0 radical (unpaired) electrons. The van der Waals surface area contributed by atoms with Crippen LogP contribution in [-0.2, 0) is 4.74 Å². The average molecular weight is 277 g/mol. The summed E-state index contributed by atoms with van der Waals surface area (Å²) >= 11 is 1.83. The second kappa shape index (κ2) is 5.73. The second-order valence-corrected chi connectivity index (χ2v) is 5.46. The van der Waals surface area contributed by atoms with E-state index in [9.17, 15) is 0 Å². The third kappa shape index (κ3) is 2.80. The van der Waals surface area contributed by atoms with Gasteiger partial charge in [-0.2, -0.15) is 16.7 Å². The Morgan fingerprint density at radius 2 is 2.16 bits per heavy atom. The van der Waals surface area contributed by atoms with E-state index in [0.29, 0.717) is 11.7 Å². The van der Waals surface area contributed by atoms with E-state index in [0.717, 1.165) is 23.7 Å². The molecule has 1 fully saturated rings. The molecule has 2 unspecified atom stereocenters. The second-order valence-electron chi connectivity index (χ2n) is 4.31. The Morgan fingerprint density at radius 3 is 2.89 bits per heavy atom. The molecule has 2 atom stereocenters. The lowest BCUT2D eigenvalue weighted by Gasteiger charge is -2.18. The molecular weight excluding hydrogens is 262 g/mol. The number of benzene rings is 1. The van der Waals surface area contributed by atoms with Gasteiger partial charge in [0, 0.05) is 11.5 Å². The molecule has 2 N–H and O–H groups in total. The quantitative estimate of drug-likeness (QED) is 0.924. The monoisotopic (exact) mass is 277 g/mol. The number of rotatable bonds is 3. The lowest BCUT2D eigenvalue weighted by Crippen LogP contribution is -2.17. The maximum atomic E-state index is 6.12. The van der Waals surface area contributed by atoms with Crippen molar-refractivity contribution in [1.82, 2.24) is 10.1 Å². The summed E-state index contributed by atoms with van der Waals surface area (Å²) in [5.41, 5.74) is 7.07. The fraction of sp³-hybridized carbons (Fsp3) is 0.385. The van der Waals surface area contributed by atoms with Crippen LogP contribution in [0.1, 0.15) is 29.4 Å². The third-order valence-corrected chi connectivity index (χ3v) is 3.98. The zero-order chi connectivity index (χ0) is 13.1. The highest BCUT2D eigenvalue weighted by atomic mass is 32.2. The minimum absolute atomic E-state index is 0.0841. The van der Waals surface area contributed by atoms with Gasteiger partial charge in [-0.15, -0.1) is 0 Å². The van der Waals surface area contributed by atoms with Crippen LogP contribution in [-0.4, -0.2) is 28.3 Å². The average Bonchev–Trinajstić information content (AvgIpc) is 2.98. The molecule has 1 aromatic heterocycles. The van der Waals surface area contributed by atoms with E-state index in [1.54, 1.807) is 0 Å². The molecule has 6 heteroatoms. The van der Waals surface area contributed by atoms with Gasteiger partial charge in [-0.3, -0.25) is 0 Å². The summed E-state index contributed by atoms with van der Waals surface area (Å²) in [6.45, 7) is 0.726. The van der Waals surface area contributed by atoms with Crippen molar-refractivity contribution >= 4 is 11.8 Å². The van der Waals surface area contributed by atoms with Crippen molar-refractivity contribution < 1.29 is 9.26 Å². The highest BCUT2D eigenvalue weighted by Crippen LogP contribution is 2.26. The van der Waals surface area contributed by atoms with Crippen LogP contribution in [0, 0.1) is 0 Å². The third-order valence-electron chi connectivity index (χ3n) is 2.99. The molecule has 2 heterocycles. The van der Waals surface area contributed by atoms with Gasteiger partial charge in [0.15, 0.2) is 0 Å². The Bertz CT molecular complexity index is 526. The van der Waals surface area contributed by atoms with Crippen molar-refractivity contribution in [2.45, 2.75) is 12.1 Å². The van der Waals surface area contributed by atoms with Crippen LogP contribution in [0.4, 0.5) is 0 Å². The van der Waals surface area contributed by atoms with Gasteiger partial charge in [-0.25, -0.2) is 0 Å². The van der Waals surface area contributed by atoms with Gasteiger partial charge in [0.25, 0.3) is 0 Å². The van der Waals surface area contributed by atoms with E-state index in [1.165, 1.54) is 0 Å². The first-order chi connectivity index (χ1) is 9.34. The summed E-state index contributed by atoms with van der Waals surface area (Å²) in [6.07, 6.45) is -0.0841. The van der Waals surface area contributed by atoms with Crippen LogP contribution in [0.25, 0.3) is 0 Å². The zero-order valence-corrected chi connectivity index (χ0v) is 11.2. The first-order valence-electron chi connectivity index (χ1n) is 6.18. The van der Waals surface area contributed by atoms with E-state index >= 15 is 0 Å². The molecule has 2 aromatic rings. The Balaban J connectivity index is 1.77. The van der Waals surface area contributed by atoms with Crippen LogP contribution < -0.4 is 5.73 Å². The summed E-state index contributed by atoms with van der Waals surface area (Å²) in [6, 6.07) is 9.32. The van der Waals surface area contributed by atoms with E-state index in [1.807, 2.05) is 42.1 Å². The number of aromatic nitrogens is 2. The molecule has 0 bridgehead atoms. The molecule has 1 aliphatic rings. The molecule has 0 saturated carbocycles. The molecule has 5 nitrogen and oxygen atoms in total. The predicted molar refractivity (Wildman–Crippen MR) is 72.8 cm³/mol. The van der Waals surface area contributed by atoms with Crippen LogP contribution >= 0.6 is 11.8 Å². The molecule has 100 valence electrons. The summed E-state index contributed by atoms with van der Waals surface area (Å²) in [4.78, 5) is 4.37. The molecule has 19 heavy (non-hydrogen) atoms. The fourth-order valence-electron chi connectivity index (χ4n) is 1.94. The molecule has 0 spiro atoms. The van der Waals surface area contributed by atoms with Crippen molar-refractivity contribution in [3.05, 3.63) is 47.6 Å². The number of thioether (sulfide) groups is 1. The van der Waals surface area contributed by atoms with Gasteiger partial charge in [-0.1, -0.05) is 35.5 Å². The molecule has 1 saturated heterocycles. The normalized spacial score (nSPS) is 21.2. The number of ether oxygens (including phenoxy) is 1. The molecule has 1 aliphatic heterocycles. The Labute approximate surface area is 115 Å². The minimum atomic E-state index is -0.390. The van der Waals surface area contributed by atoms with Gasteiger partial charge in [-0.05, 0) is 5.56 Å². The van der Waals surface area contributed by atoms with Crippen molar-refractivity contribution in [2.24, 2.45) is 5.73 Å². The van der Waals surface area contributed by atoms with E-state index in [4.69, 9.17) is 15.0 Å². The predicted octanol–water partition coefficient (Wildman–Crippen LogP) is 1.92. The smallest absolute Gasteiger partial charge is 0.248 e. The van der Waals surface area contributed by atoms with Gasteiger partial charge in [0.05, 0.1) is 6.61 Å². The highest BCUT2D eigenvalue weighted by Gasteiger charge is 2.24. The van der Waals surface area contributed by atoms with Crippen molar-refractivity contribution in [1.29, 1.82) is 0 Å². The Kier molecular flexibility index (Phi) is 3.82. The van der Waals surface area contributed by atoms with E-state index in [2.05, 4.69) is 10.1 Å². The van der Waals surface area contributed by atoms with Crippen LogP contribution in [0.5, 0.6) is 0 Å². The lowest BCUT2D eigenvalue weighted by molar-refractivity contribution is 0.0677. The first-order valence-corrected chi connectivity index (χ1v) is 7.33. The van der Waals surface area contributed by atoms with Gasteiger partial charge in [0.2, 0.25) is 11.7 Å². The highest BCUT2D eigenvalue weighted by molar-refractivity contribution is 7.99. The summed E-state index contributed by atoms with van der Waals surface area (Å²) < 4.78 is 10.9. The minimum Gasteiger partial charge on any atom is -0.368 e. The van der Waals surface area contributed by atoms with Gasteiger partial charge in [0.1, 0.15) is 12.1 Å². The number of hydrogen-bond donors (Lipinski definition) is 1. The largest absolute Gasteiger partial charge is 0.368 e. The maximum absolute atomic E-state index is 6.12. The number of nitrogens with two attached hydrogens (primary N) is 1. The molecule has 3 rings (SSSR count). The zero-order valence-electron chi connectivity index (χ0n) is 10.4. The molecular formula is C13H15N3O2S. The van der Waals surface area contributed by atoms with Crippen LogP contribution in [0.15, 0.2) is 34.9 Å². The Hall–Kier alpha value is -1.37. The molecule has 0 amide bonds. The van der Waals surface area contributed by atoms with Crippen molar-refractivity contribution in [3.63, 3.8) is 0 Å². The van der Waals surface area contributed by atoms with E-state index in [-0.39, 0.29) is 6.10 Å². The van der Waals surface area contributed by atoms with Gasteiger partial charge >= 0.3 is 0 Å². The molecule has 1 aromatic carbocycles. The van der Waals surface area contributed by atoms with Crippen molar-refractivity contribution in [3.8, 4) is 0 Å². The number of hydrogen-bond acceptors (Lipinski definition) is 6. The summed E-state index contributed by atoms with van der Waals surface area (Å²) in [7, 11) is 0. The Morgan fingerprint density at radius 1 is 1.32 bits per heavy atom. The van der Waals surface area contributed by atoms with Crippen molar-refractivity contribution in [2.75, 3.05) is 18.1 Å². The van der Waals surface area contributed by atoms with E-state index < -0.39 is 6.04 Å². The summed E-state index contributed by atoms with van der Waals surface area (Å²) in [5.74, 6) is 2.90. The van der Waals surface area contributed by atoms with Crippen LogP contribution in [0.2, 0.25) is 0 Å². The standard InChI is InChI=1S/C13H15N3O2S/c14-11(9-4-2-1-3-5-9)13-15-12(16-18-13)10-8-19-7-6-17-10/h1-5,10-11H,6-8,14H2. The SMILES string of the molecule is NC(c1ccccc1)c1nc(C2CSCCO2)no1. The van der Waals surface area contributed by atoms with Gasteiger partial charge < -0.3 is 15.0 Å². The first kappa shape index (κ1) is 12.7. The maximum Gasteiger partial charge on any atom is 0.248 e. The topological polar surface area (TPSA) is 74.2 Å². The lowest BCUT2D eigenvalue weighted by atomic mass is 10.1. The molecule has 0 aliphatic carbocycles. The summed E-state index contributed by atoms with van der Waals surface area (Å²) in [5, 5.41) is 3.98. The number of nitrogens with zero attached hydrogens (tertiary/aromatic N) is 2. The fourth-order valence-corrected chi connectivity index (χ4v) is 2.78. The van der Waals surface area contributed by atoms with Crippen LogP contribution in [0.3, 0.4) is 0 Å².